The number of rotatable bonds is 7. The zero-order valence-corrected chi connectivity index (χ0v) is 18.3. The van der Waals surface area contributed by atoms with Crippen LogP contribution in [0.5, 0.6) is 0 Å². The lowest BCUT2D eigenvalue weighted by atomic mass is 9.97. The molecule has 2 aromatic heterocycles. The Labute approximate surface area is 177 Å². The smallest absolute Gasteiger partial charge is 0.242 e. The highest BCUT2D eigenvalue weighted by Crippen LogP contribution is 2.21. The second-order valence-electron chi connectivity index (χ2n) is 6.62. The maximum Gasteiger partial charge on any atom is 0.242 e. The molecule has 152 valence electrons. The third kappa shape index (κ3) is 6.75. The minimum Gasteiger partial charge on any atom is -0.350 e. The second kappa shape index (κ2) is 11.6. The molecule has 6 nitrogen and oxygen atoms in total. The fourth-order valence-electron chi connectivity index (χ4n) is 3.14. The van der Waals surface area contributed by atoms with Crippen LogP contribution in [0.25, 0.3) is 0 Å². The lowest BCUT2D eigenvalue weighted by Gasteiger charge is -2.20. The fourth-order valence-corrected chi connectivity index (χ4v) is 4.25. The number of piperidine rings is 1. The van der Waals surface area contributed by atoms with E-state index in [9.17, 15) is 4.79 Å². The first kappa shape index (κ1) is 23.9. The van der Waals surface area contributed by atoms with Crippen molar-refractivity contribution in [3.8, 4) is 0 Å². The van der Waals surface area contributed by atoms with E-state index < -0.39 is 0 Å². The number of nitrogens with one attached hydrogen (secondary N) is 2. The Bertz CT molecular complexity index is 712. The molecule has 2 aromatic rings. The third-order valence-electron chi connectivity index (χ3n) is 4.53. The highest BCUT2D eigenvalue weighted by molar-refractivity contribution is 7.11. The highest BCUT2D eigenvalue weighted by atomic mass is 35.5. The maximum atomic E-state index is 12.2. The molecule has 1 atom stereocenters. The van der Waals surface area contributed by atoms with E-state index in [1.807, 2.05) is 19.2 Å². The average Bonchev–Trinajstić information content (AvgIpc) is 3.21. The van der Waals surface area contributed by atoms with Crippen molar-refractivity contribution in [1.82, 2.24) is 25.4 Å². The number of amides is 1. The lowest BCUT2D eigenvalue weighted by molar-refractivity contribution is -0.122. The number of thiazole rings is 1. The normalized spacial score (nSPS) is 16.3. The molecule has 0 spiro atoms. The van der Waals surface area contributed by atoms with Gasteiger partial charge >= 0.3 is 0 Å². The zero-order valence-electron chi connectivity index (χ0n) is 15.9. The number of aryl methyl sites for hydroxylation is 2. The van der Waals surface area contributed by atoms with Crippen LogP contribution < -0.4 is 10.6 Å². The molecule has 1 aliphatic rings. The van der Waals surface area contributed by atoms with Gasteiger partial charge in [0, 0.05) is 23.5 Å². The van der Waals surface area contributed by atoms with Gasteiger partial charge in [-0.3, -0.25) is 9.48 Å². The summed E-state index contributed by atoms with van der Waals surface area (Å²) in [5, 5.41) is 12.1. The third-order valence-corrected chi connectivity index (χ3v) is 5.75. The molecule has 0 saturated carbocycles. The molecule has 1 fully saturated rings. The van der Waals surface area contributed by atoms with Crippen molar-refractivity contribution < 1.29 is 4.79 Å². The van der Waals surface area contributed by atoms with Gasteiger partial charge in [0.15, 0.2) is 0 Å². The number of carbonyl (C=O) groups excluding carboxylic acids is 1. The van der Waals surface area contributed by atoms with Gasteiger partial charge in [0.1, 0.15) is 6.54 Å². The van der Waals surface area contributed by atoms with Crippen LogP contribution in [0.2, 0.25) is 0 Å². The summed E-state index contributed by atoms with van der Waals surface area (Å²) < 4.78 is 1.74. The van der Waals surface area contributed by atoms with Crippen molar-refractivity contribution in [2.75, 3.05) is 13.1 Å². The Hall–Kier alpha value is -1.15. The molecule has 1 amide bonds. The monoisotopic (exact) mass is 433 g/mol. The minimum atomic E-state index is -0.0127. The Morgan fingerprint density at radius 2 is 2.26 bits per heavy atom. The van der Waals surface area contributed by atoms with E-state index in [-0.39, 0.29) is 37.3 Å². The van der Waals surface area contributed by atoms with Crippen molar-refractivity contribution in [2.45, 2.75) is 58.5 Å². The molecular weight excluding hydrogens is 405 g/mol. The van der Waals surface area contributed by atoms with Crippen LogP contribution in [-0.2, 0) is 24.3 Å². The largest absolute Gasteiger partial charge is 0.350 e. The molecule has 0 radical (unpaired) electrons. The van der Waals surface area contributed by atoms with Crippen LogP contribution in [0.4, 0.5) is 0 Å². The highest BCUT2D eigenvalue weighted by Gasteiger charge is 2.18. The first-order valence-electron chi connectivity index (χ1n) is 9.11. The van der Waals surface area contributed by atoms with Gasteiger partial charge < -0.3 is 10.6 Å². The Balaban J connectivity index is 0.00000182. The second-order valence-corrected chi connectivity index (χ2v) is 7.79. The number of hydrogen-bond donors (Lipinski definition) is 2. The molecule has 0 aliphatic carbocycles. The van der Waals surface area contributed by atoms with Crippen LogP contribution in [0.1, 0.15) is 53.4 Å². The van der Waals surface area contributed by atoms with Crippen LogP contribution >= 0.6 is 36.2 Å². The van der Waals surface area contributed by atoms with E-state index in [2.05, 4.69) is 27.6 Å². The quantitative estimate of drug-likeness (QED) is 0.702. The van der Waals surface area contributed by atoms with Crippen LogP contribution in [0, 0.1) is 6.92 Å². The van der Waals surface area contributed by atoms with Gasteiger partial charge in [0.05, 0.1) is 22.9 Å². The van der Waals surface area contributed by atoms with E-state index >= 15 is 0 Å². The maximum absolute atomic E-state index is 12.2. The molecule has 27 heavy (non-hydrogen) atoms. The average molecular weight is 434 g/mol. The summed E-state index contributed by atoms with van der Waals surface area (Å²) >= 11 is 1.70. The van der Waals surface area contributed by atoms with Crippen LogP contribution in [0.3, 0.4) is 0 Å². The topological polar surface area (TPSA) is 71.8 Å². The molecule has 1 saturated heterocycles. The molecule has 2 N–H and O–H groups in total. The molecule has 0 aromatic carbocycles. The van der Waals surface area contributed by atoms with Gasteiger partial charge in [-0.15, -0.1) is 36.2 Å². The minimum absolute atomic E-state index is 0. The van der Waals surface area contributed by atoms with Gasteiger partial charge in [-0.25, -0.2) is 4.98 Å². The first-order chi connectivity index (χ1) is 12.2. The predicted octanol–water partition coefficient (Wildman–Crippen LogP) is 3.23. The van der Waals surface area contributed by atoms with Crippen LogP contribution in [0.15, 0.2) is 12.3 Å². The van der Waals surface area contributed by atoms with Crippen molar-refractivity contribution in [3.05, 3.63) is 33.5 Å². The van der Waals surface area contributed by atoms with Crippen molar-refractivity contribution >= 4 is 42.1 Å². The van der Waals surface area contributed by atoms with Gasteiger partial charge in [0.2, 0.25) is 5.91 Å². The predicted molar refractivity (Wildman–Crippen MR) is 114 cm³/mol. The van der Waals surface area contributed by atoms with Crippen LogP contribution in [-0.4, -0.2) is 33.8 Å². The molecule has 0 bridgehead atoms. The summed E-state index contributed by atoms with van der Waals surface area (Å²) in [6, 6.07) is 2.04. The summed E-state index contributed by atoms with van der Waals surface area (Å²) in [4.78, 5) is 17.9. The van der Waals surface area contributed by atoms with Crippen molar-refractivity contribution in [1.29, 1.82) is 0 Å². The van der Waals surface area contributed by atoms with Crippen molar-refractivity contribution in [2.24, 2.45) is 0 Å². The zero-order chi connectivity index (χ0) is 17.6. The molecule has 9 heteroatoms. The molecular formula is C18H29Cl2N5OS. The molecule has 1 aliphatic heterocycles. The number of hydrogen-bond acceptors (Lipinski definition) is 5. The Morgan fingerprint density at radius 1 is 1.44 bits per heavy atom. The summed E-state index contributed by atoms with van der Waals surface area (Å²) in [6.07, 6.45) is 6.36. The SMILES string of the molecule is CCCc1nc(C)c(CNC(=O)Cn2ccc(C3CCCNC3)n2)s1.Cl.Cl. The van der Waals surface area contributed by atoms with E-state index in [1.54, 1.807) is 16.0 Å². The van der Waals surface area contributed by atoms with E-state index in [4.69, 9.17) is 0 Å². The summed E-state index contributed by atoms with van der Waals surface area (Å²) in [6.45, 7) is 7.05. The summed E-state index contributed by atoms with van der Waals surface area (Å²) in [5.74, 6) is 0.455. The van der Waals surface area contributed by atoms with E-state index in [0.717, 1.165) is 47.2 Å². The molecule has 3 rings (SSSR count). The lowest BCUT2D eigenvalue weighted by Crippen LogP contribution is -2.29. The van der Waals surface area contributed by atoms with Gasteiger partial charge in [-0.05, 0) is 45.2 Å². The number of carbonyl (C=O) groups is 1. The van der Waals surface area contributed by atoms with E-state index in [1.165, 1.54) is 12.8 Å². The Morgan fingerprint density at radius 3 is 2.96 bits per heavy atom. The molecule has 1 unspecified atom stereocenters. The first-order valence-corrected chi connectivity index (χ1v) is 9.93. The number of aromatic nitrogens is 3. The molecule has 3 heterocycles. The van der Waals surface area contributed by atoms with Gasteiger partial charge in [0.25, 0.3) is 0 Å². The standard InChI is InChI=1S/C18H27N5OS.2ClH/c1-3-5-18-21-13(2)16(25-18)11-20-17(24)12-23-9-7-15(22-23)14-6-4-8-19-10-14;;/h7,9,14,19H,3-6,8,10-12H2,1-2H3,(H,20,24);2*1H. The number of halogens is 2. The summed E-state index contributed by atoms with van der Waals surface area (Å²) in [7, 11) is 0. The van der Waals surface area contributed by atoms with Crippen molar-refractivity contribution in [3.63, 3.8) is 0 Å². The van der Waals surface area contributed by atoms with E-state index in [0.29, 0.717) is 12.5 Å². The summed E-state index contributed by atoms with van der Waals surface area (Å²) in [5.41, 5.74) is 2.11. The fraction of sp³-hybridized carbons (Fsp3) is 0.611. The van der Waals surface area contributed by atoms with Gasteiger partial charge in [-0.2, -0.15) is 5.10 Å². The Kier molecular flexibility index (Phi) is 10.3. The van der Waals surface area contributed by atoms with Gasteiger partial charge in [-0.1, -0.05) is 6.92 Å². The number of nitrogens with zero attached hydrogens (tertiary/aromatic N) is 3.